The van der Waals surface area contributed by atoms with Crippen LogP contribution in [0.5, 0.6) is 0 Å². The summed E-state index contributed by atoms with van der Waals surface area (Å²) in [7, 11) is -3.67. The van der Waals surface area contributed by atoms with Gasteiger partial charge in [0, 0.05) is 31.4 Å². The van der Waals surface area contributed by atoms with Crippen LogP contribution in [-0.2, 0) is 16.6 Å². The van der Waals surface area contributed by atoms with Crippen molar-refractivity contribution in [2.75, 3.05) is 24.5 Å². The monoisotopic (exact) mass is 415 g/mol. The van der Waals surface area contributed by atoms with Crippen molar-refractivity contribution in [3.8, 4) is 0 Å². The van der Waals surface area contributed by atoms with E-state index in [0.717, 1.165) is 37.6 Å². The molecule has 8 heteroatoms. The van der Waals surface area contributed by atoms with E-state index in [1.54, 1.807) is 12.1 Å². The van der Waals surface area contributed by atoms with Crippen molar-refractivity contribution in [3.63, 3.8) is 0 Å². The van der Waals surface area contributed by atoms with Crippen molar-refractivity contribution in [2.24, 2.45) is 10.1 Å². The zero-order valence-corrected chi connectivity index (χ0v) is 17.7. The van der Waals surface area contributed by atoms with E-state index in [9.17, 15) is 8.42 Å². The normalized spacial score (nSPS) is 17.4. The summed E-state index contributed by atoms with van der Waals surface area (Å²) in [6.07, 6.45) is 1.04. The molecule has 1 saturated heterocycles. The number of rotatable bonds is 6. The predicted molar refractivity (Wildman–Crippen MR) is 118 cm³/mol. The van der Waals surface area contributed by atoms with E-state index in [-0.39, 0.29) is 4.90 Å². The van der Waals surface area contributed by atoms with Gasteiger partial charge in [0.15, 0.2) is 5.96 Å². The Morgan fingerprint density at radius 1 is 1.17 bits per heavy atom. The lowest BCUT2D eigenvalue weighted by Gasteiger charge is -2.20. The second-order valence-corrected chi connectivity index (χ2v) is 8.86. The molecule has 4 N–H and O–H groups in total. The van der Waals surface area contributed by atoms with Gasteiger partial charge in [0.2, 0.25) is 10.0 Å². The molecule has 0 saturated carbocycles. The number of sulfonamides is 1. The fraction of sp³-hybridized carbons (Fsp3) is 0.381. The van der Waals surface area contributed by atoms with Crippen molar-refractivity contribution in [1.29, 1.82) is 0 Å². The summed E-state index contributed by atoms with van der Waals surface area (Å²) in [5, 5.41) is 11.9. The summed E-state index contributed by atoms with van der Waals surface area (Å²) >= 11 is 0. The molecule has 2 aromatic rings. The molecule has 0 amide bonds. The van der Waals surface area contributed by atoms with E-state index in [1.165, 1.54) is 23.4 Å². The van der Waals surface area contributed by atoms with E-state index in [0.29, 0.717) is 12.6 Å². The predicted octanol–water partition coefficient (Wildman–Crippen LogP) is 1.98. The number of aryl methyl sites for hydroxylation is 1. The third-order valence-corrected chi connectivity index (χ3v) is 5.87. The summed E-state index contributed by atoms with van der Waals surface area (Å²) in [5.41, 5.74) is 3.43. The summed E-state index contributed by atoms with van der Waals surface area (Å²) in [6, 6.07) is 15.4. The highest BCUT2D eigenvalue weighted by molar-refractivity contribution is 7.89. The van der Waals surface area contributed by atoms with E-state index >= 15 is 0 Å². The van der Waals surface area contributed by atoms with Gasteiger partial charge in [-0.3, -0.25) is 0 Å². The number of benzene rings is 2. The highest BCUT2D eigenvalue weighted by Gasteiger charge is 2.23. The molecule has 1 atom stereocenters. The van der Waals surface area contributed by atoms with Crippen LogP contribution in [0.25, 0.3) is 0 Å². The van der Waals surface area contributed by atoms with Gasteiger partial charge in [0.1, 0.15) is 0 Å². The van der Waals surface area contributed by atoms with Gasteiger partial charge in [-0.25, -0.2) is 18.5 Å². The average Bonchev–Trinajstić information content (AvgIpc) is 3.15. The Hall–Kier alpha value is -2.58. The van der Waals surface area contributed by atoms with E-state index in [4.69, 9.17) is 5.14 Å². The molecule has 0 radical (unpaired) electrons. The van der Waals surface area contributed by atoms with Crippen molar-refractivity contribution < 1.29 is 8.42 Å². The van der Waals surface area contributed by atoms with Gasteiger partial charge in [-0.15, -0.1) is 0 Å². The van der Waals surface area contributed by atoms with E-state index in [1.807, 2.05) is 6.92 Å². The van der Waals surface area contributed by atoms with Crippen molar-refractivity contribution in [3.05, 3.63) is 59.7 Å². The lowest BCUT2D eigenvalue weighted by atomic mass is 10.2. The Bertz CT molecular complexity index is 940. The number of hydrogen-bond acceptors (Lipinski definition) is 4. The zero-order valence-electron chi connectivity index (χ0n) is 16.9. The Morgan fingerprint density at radius 3 is 2.48 bits per heavy atom. The van der Waals surface area contributed by atoms with Gasteiger partial charge in [-0.1, -0.05) is 29.8 Å². The van der Waals surface area contributed by atoms with Gasteiger partial charge in [0.25, 0.3) is 0 Å². The number of aliphatic imine (C=N–C) groups is 1. The van der Waals surface area contributed by atoms with Gasteiger partial charge >= 0.3 is 0 Å². The van der Waals surface area contributed by atoms with Gasteiger partial charge < -0.3 is 15.5 Å². The maximum absolute atomic E-state index is 11.4. The molecule has 1 unspecified atom stereocenters. The molecule has 2 aromatic carbocycles. The molecule has 1 aliphatic heterocycles. The Labute approximate surface area is 173 Å². The molecule has 0 spiro atoms. The van der Waals surface area contributed by atoms with Crippen molar-refractivity contribution in [1.82, 2.24) is 10.6 Å². The molecule has 0 aromatic heterocycles. The molecular weight excluding hydrogens is 386 g/mol. The SMILES string of the molecule is CCNC(=NCc1ccc(S(N)(=O)=O)cc1)NC1CCN(c2ccc(C)cc2)C1. The molecule has 0 bridgehead atoms. The standard InChI is InChI=1S/C21H29N5O2S/c1-3-23-21(24-14-17-6-10-20(11-7-17)29(22,27)28)25-18-12-13-26(15-18)19-8-4-16(2)5-9-19/h4-11,18H,3,12-15H2,1-2H3,(H2,22,27,28)(H2,23,24,25). The highest BCUT2D eigenvalue weighted by Crippen LogP contribution is 2.20. The number of primary sulfonamides is 1. The Balaban J connectivity index is 1.60. The van der Waals surface area contributed by atoms with Gasteiger partial charge in [0.05, 0.1) is 11.4 Å². The van der Waals surface area contributed by atoms with Crippen LogP contribution in [0.15, 0.2) is 58.4 Å². The van der Waals surface area contributed by atoms with Gasteiger partial charge in [-0.05, 0) is 50.1 Å². The maximum atomic E-state index is 11.4. The number of hydrogen-bond donors (Lipinski definition) is 3. The summed E-state index contributed by atoms with van der Waals surface area (Å²) in [5.74, 6) is 0.763. The number of guanidine groups is 1. The first kappa shape index (κ1) is 21.1. The third-order valence-electron chi connectivity index (χ3n) is 4.94. The molecular formula is C21H29N5O2S. The molecule has 29 heavy (non-hydrogen) atoms. The number of nitrogens with one attached hydrogen (secondary N) is 2. The molecule has 156 valence electrons. The van der Waals surface area contributed by atoms with Crippen LogP contribution in [-0.4, -0.2) is 40.1 Å². The minimum Gasteiger partial charge on any atom is -0.369 e. The first-order valence-electron chi connectivity index (χ1n) is 9.83. The topological polar surface area (TPSA) is 99.8 Å². The van der Waals surface area contributed by atoms with E-state index < -0.39 is 10.0 Å². The Kier molecular flexibility index (Phi) is 6.76. The quantitative estimate of drug-likeness (QED) is 0.495. The lowest BCUT2D eigenvalue weighted by Crippen LogP contribution is -2.44. The molecule has 0 aliphatic carbocycles. The minimum atomic E-state index is -3.67. The van der Waals surface area contributed by atoms with Crippen LogP contribution in [0.3, 0.4) is 0 Å². The second-order valence-electron chi connectivity index (χ2n) is 7.30. The number of anilines is 1. The second kappa shape index (κ2) is 9.28. The summed E-state index contributed by atoms with van der Waals surface area (Å²) < 4.78 is 22.7. The average molecular weight is 416 g/mol. The van der Waals surface area contributed by atoms with Crippen LogP contribution in [0.2, 0.25) is 0 Å². The molecule has 1 aliphatic rings. The smallest absolute Gasteiger partial charge is 0.238 e. The van der Waals surface area contributed by atoms with Crippen molar-refractivity contribution >= 4 is 21.7 Å². The molecule has 3 rings (SSSR count). The van der Waals surface area contributed by atoms with E-state index in [2.05, 4.69) is 51.7 Å². The maximum Gasteiger partial charge on any atom is 0.238 e. The van der Waals surface area contributed by atoms with Crippen LogP contribution in [0, 0.1) is 6.92 Å². The summed E-state index contributed by atoms with van der Waals surface area (Å²) in [4.78, 5) is 7.13. The lowest BCUT2D eigenvalue weighted by molar-refractivity contribution is 0.597. The van der Waals surface area contributed by atoms with Crippen LogP contribution in [0.1, 0.15) is 24.5 Å². The third kappa shape index (κ3) is 5.95. The fourth-order valence-corrected chi connectivity index (χ4v) is 3.85. The molecule has 1 heterocycles. The van der Waals surface area contributed by atoms with Crippen molar-refractivity contribution in [2.45, 2.75) is 37.8 Å². The minimum absolute atomic E-state index is 0.109. The zero-order chi connectivity index (χ0) is 20.9. The largest absolute Gasteiger partial charge is 0.369 e. The fourth-order valence-electron chi connectivity index (χ4n) is 3.34. The molecule has 7 nitrogen and oxygen atoms in total. The first-order chi connectivity index (χ1) is 13.8. The van der Waals surface area contributed by atoms with Crippen LogP contribution < -0.4 is 20.7 Å². The van der Waals surface area contributed by atoms with Crippen LogP contribution >= 0.6 is 0 Å². The first-order valence-corrected chi connectivity index (χ1v) is 11.4. The Morgan fingerprint density at radius 2 is 1.86 bits per heavy atom. The highest BCUT2D eigenvalue weighted by atomic mass is 32.2. The number of nitrogens with two attached hydrogens (primary N) is 1. The molecule has 1 fully saturated rings. The summed E-state index contributed by atoms with van der Waals surface area (Å²) in [6.45, 7) is 7.29. The number of nitrogens with zero attached hydrogens (tertiary/aromatic N) is 2. The van der Waals surface area contributed by atoms with Gasteiger partial charge in [-0.2, -0.15) is 0 Å². The van der Waals surface area contributed by atoms with Crippen LogP contribution in [0.4, 0.5) is 5.69 Å².